The Labute approximate surface area is 137 Å². The number of hydrogen-bond acceptors (Lipinski definition) is 6. The molecule has 0 fully saturated rings. The highest BCUT2D eigenvalue weighted by atomic mass is 16.5. The van der Waals surface area contributed by atoms with E-state index in [9.17, 15) is 20.0 Å². The van der Waals surface area contributed by atoms with E-state index in [0.29, 0.717) is 17.0 Å². The number of carbonyl (C=O) groups excluding carboxylic acids is 1. The van der Waals surface area contributed by atoms with Gasteiger partial charge in [-0.15, -0.1) is 0 Å². The molecule has 3 N–H and O–H groups in total. The van der Waals surface area contributed by atoms with E-state index in [4.69, 9.17) is 9.63 Å². The maximum Gasteiger partial charge on any atom is 0.307 e. The second-order valence-electron chi connectivity index (χ2n) is 5.15. The minimum Gasteiger partial charge on any atom is -0.481 e. The van der Waals surface area contributed by atoms with E-state index in [1.165, 1.54) is 18.3 Å². The number of aliphatic carboxylic acids is 1. The van der Waals surface area contributed by atoms with Crippen LogP contribution in [0.5, 0.6) is 0 Å². The SMILES string of the molecule is Cc1oncc1C(O)C(C#N)C(=O)Nc1ccc(CC(=O)O)cc1. The topological polar surface area (TPSA) is 136 Å². The zero-order chi connectivity index (χ0) is 17.7. The van der Waals surface area contributed by atoms with Crippen molar-refractivity contribution >= 4 is 17.6 Å². The van der Waals surface area contributed by atoms with Crippen LogP contribution in [0, 0.1) is 24.2 Å². The maximum absolute atomic E-state index is 12.2. The Morgan fingerprint density at radius 3 is 2.54 bits per heavy atom. The summed E-state index contributed by atoms with van der Waals surface area (Å²) >= 11 is 0. The van der Waals surface area contributed by atoms with Gasteiger partial charge in [0.25, 0.3) is 0 Å². The zero-order valence-corrected chi connectivity index (χ0v) is 12.8. The lowest BCUT2D eigenvalue weighted by molar-refractivity contribution is -0.136. The lowest BCUT2D eigenvalue weighted by Crippen LogP contribution is -2.27. The molecule has 0 radical (unpaired) electrons. The molecule has 2 aromatic rings. The van der Waals surface area contributed by atoms with Crippen molar-refractivity contribution < 1.29 is 24.3 Å². The number of carboxylic acids is 1. The number of amides is 1. The third-order valence-corrected chi connectivity index (χ3v) is 3.42. The molecule has 0 bridgehead atoms. The standard InChI is InChI=1S/C16H15N3O5/c1-9-13(8-18-24-9)15(22)12(7-17)16(23)19-11-4-2-10(3-5-11)6-14(20)21/h2-5,8,12,15,22H,6H2,1H3,(H,19,23)(H,20,21). The number of carbonyl (C=O) groups is 2. The minimum atomic E-state index is -1.37. The largest absolute Gasteiger partial charge is 0.481 e. The van der Waals surface area contributed by atoms with E-state index in [1.807, 2.05) is 0 Å². The van der Waals surface area contributed by atoms with Gasteiger partial charge in [-0.2, -0.15) is 5.26 Å². The van der Waals surface area contributed by atoms with Gasteiger partial charge >= 0.3 is 5.97 Å². The summed E-state index contributed by atoms with van der Waals surface area (Å²) < 4.78 is 4.82. The van der Waals surface area contributed by atoms with Crippen molar-refractivity contribution in [2.45, 2.75) is 19.4 Å². The number of nitrogens with zero attached hydrogens (tertiary/aromatic N) is 2. The quantitative estimate of drug-likeness (QED) is 0.729. The highest BCUT2D eigenvalue weighted by Crippen LogP contribution is 2.25. The molecule has 1 aromatic carbocycles. The summed E-state index contributed by atoms with van der Waals surface area (Å²) in [4.78, 5) is 22.8. The van der Waals surface area contributed by atoms with Crippen molar-refractivity contribution in [1.82, 2.24) is 5.16 Å². The minimum absolute atomic E-state index is 0.124. The number of benzene rings is 1. The number of aliphatic hydroxyl groups excluding tert-OH is 1. The van der Waals surface area contributed by atoms with E-state index in [1.54, 1.807) is 25.1 Å². The fourth-order valence-electron chi connectivity index (χ4n) is 2.14. The summed E-state index contributed by atoms with van der Waals surface area (Å²) in [6.45, 7) is 1.57. The Balaban J connectivity index is 2.08. The van der Waals surface area contributed by atoms with Gasteiger partial charge in [-0.3, -0.25) is 9.59 Å². The van der Waals surface area contributed by atoms with Gasteiger partial charge in [0.1, 0.15) is 11.9 Å². The van der Waals surface area contributed by atoms with Crippen LogP contribution in [0.15, 0.2) is 35.0 Å². The number of nitriles is 1. The van der Waals surface area contributed by atoms with Gasteiger partial charge in [-0.05, 0) is 24.6 Å². The van der Waals surface area contributed by atoms with Gasteiger partial charge in [-0.25, -0.2) is 0 Å². The third kappa shape index (κ3) is 3.97. The van der Waals surface area contributed by atoms with E-state index < -0.39 is 23.9 Å². The molecule has 124 valence electrons. The first-order valence-corrected chi connectivity index (χ1v) is 7.03. The van der Waals surface area contributed by atoms with Gasteiger partial charge in [0.05, 0.1) is 18.7 Å². The van der Waals surface area contributed by atoms with Gasteiger partial charge in [-0.1, -0.05) is 17.3 Å². The number of anilines is 1. The predicted octanol–water partition coefficient (Wildman–Crippen LogP) is 1.42. The van der Waals surface area contributed by atoms with Gasteiger partial charge in [0.2, 0.25) is 5.91 Å². The highest BCUT2D eigenvalue weighted by Gasteiger charge is 2.30. The third-order valence-electron chi connectivity index (χ3n) is 3.42. The van der Waals surface area contributed by atoms with Gasteiger partial charge in [0, 0.05) is 11.3 Å². The van der Waals surface area contributed by atoms with Crippen molar-refractivity contribution in [2.75, 3.05) is 5.32 Å². The lowest BCUT2D eigenvalue weighted by atomic mass is 9.97. The normalized spacial score (nSPS) is 12.9. The Morgan fingerprint density at radius 2 is 2.04 bits per heavy atom. The number of aryl methyl sites for hydroxylation is 1. The molecule has 1 heterocycles. The summed E-state index contributed by atoms with van der Waals surface area (Å²) in [6, 6.07) is 7.95. The Morgan fingerprint density at radius 1 is 1.38 bits per heavy atom. The molecule has 24 heavy (non-hydrogen) atoms. The Bertz CT molecular complexity index is 776. The first kappa shape index (κ1) is 17.2. The van der Waals surface area contributed by atoms with Crippen LogP contribution in [0.4, 0.5) is 5.69 Å². The molecule has 0 aliphatic rings. The average Bonchev–Trinajstić information content (AvgIpc) is 2.95. The van der Waals surface area contributed by atoms with Crippen LogP contribution in [-0.2, 0) is 16.0 Å². The summed E-state index contributed by atoms with van der Waals surface area (Å²) in [6.07, 6.45) is -0.230. The fraction of sp³-hybridized carbons (Fsp3) is 0.250. The number of rotatable bonds is 6. The predicted molar refractivity (Wildman–Crippen MR) is 81.7 cm³/mol. The molecule has 1 amide bonds. The summed E-state index contributed by atoms with van der Waals surface area (Å²) in [7, 11) is 0. The Hall–Kier alpha value is -3.18. The highest BCUT2D eigenvalue weighted by molar-refractivity contribution is 5.94. The van der Waals surface area contributed by atoms with Gasteiger partial charge < -0.3 is 20.1 Å². The van der Waals surface area contributed by atoms with E-state index >= 15 is 0 Å². The van der Waals surface area contributed by atoms with Crippen molar-refractivity contribution in [2.24, 2.45) is 5.92 Å². The Kier molecular flexibility index (Phi) is 5.29. The molecule has 0 aliphatic carbocycles. The molecule has 8 heteroatoms. The molecule has 2 atom stereocenters. The van der Waals surface area contributed by atoms with Gasteiger partial charge in [0.15, 0.2) is 5.92 Å². The summed E-state index contributed by atoms with van der Waals surface area (Å²) in [5.74, 6) is -2.66. The van der Waals surface area contributed by atoms with E-state index in [0.717, 1.165) is 0 Å². The first-order chi connectivity index (χ1) is 11.4. The molecule has 1 aromatic heterocycles. The lowest BCUT2D eigenvalue weighted by Gasteiger charge is -2.15. The van der Waals surface area contributed by atoms with Crippen LogP contribution in [0.25, 0.3) is 0 Å². The molecular weight excluding hydrogens is 314 g/mol. The number of nitrogens with one attached hydrogen (secondary N) is 1. The van der Waals surface area contributed by atoms with E-state index in [-0.39, 0.29) is 12.0 Å². The second kappa shape index (κ2) is 7.39. The number of aromatic nitrogens is 1. The maximum atomic E-state index is 12.2. The molecule has 0 aliphatic heterocycles. The van der Waals surface area contributed by atoms with Crippen molar-refractivity contribution in [3.05, 3.63) is 47.3 Å². The smallest absolute Gasteiger partial charge is 0.307 e. The first-order valence-electron chi connectivity index (χ1n) is 7.03. The molecule has 8 nitrogen and oxygen atoms in total. The van der Waals surface area contributed by atoms with Crippen LogP contribution in [-0.4, -0.2) is 27.2 Å². The second-order valence-corrected chi connectivity index (χ2v) is 5.15. The summed E-state index contributed by atoms with van der Waals surface area (Å²) in [5.41, 5.74) is 1.24. The molecule has 0 spiro atoms. The summed E-state index contributed by atoms with van der Waals surface area (Å²) in [5, 5.41) is 34.1. The number of aliphatic hydroxyl groups is 1. The molecule has 0 saturated carbocycles. The monoisotopic (exact) mass is 329 g/mol. The molecule has 2 rings (SSSR count). The average molecular weight is 329 g/mol. The van der Waals surface area contributed by atoms with Crippen LogP contribution >= 0.6 is 0 Å². The van der Waals surface area contributed by atoms with Crippen LogP contribution in [0.1, 0.15) is 23.0 Å². The number of hydrogen-bond donors (Lipinski definition) is 3. The van der Waals surface area contributed by atoms with Crippen LogP contribution < -0.4 is 5.32 Å². The van der Waals surface area contributed by atoms with Crippen molar-refractivity contribution in [3.8, 4) is 6.07 Å². The molecule has 0 saturated heterocycles. The van der Waals surface area contributed by atoms with Crippen LogP contribution in [0.2, 0.25) is 0 Å². The fourth-order valence-corrected chi connectivity index (χ4v) is 2.14. The number of carboxylic acid groups (broad SMARTS) is 1. The molecule has 2 unspecified atom stereocenters. The van der Waals surface area contributed by atoms with E-state index in [2.05, 4.69) is 10.5 Å². The molecular formula is C16H15N3O5. The zero-order valence-electron chi connectivity index (χ0n) is 12.8. The van der Waals surface area contributed by atoms with Crippen molar-refractivity contribution in [3.63, 3.8) is 0 Å². The van der Waals surface area contributed by atoms with Crippen molar-refractivity contribution in [1.29, 1.82) is 5.26 Å². The van der Waals surface area contributed by atoms with Crippen LogP contribution in [0.3, 0.4) is 0 Å².